The molecular formula is C12H15F3N2O2. The molecule has 0 saturated carbocycles. The molecule has 0 saturated heterocycles. The lowest BCUT2D eigenvalue weighted by atomic mass is 10.1. The quantitative estimate of drug-likeness (QED) is 0.785. The second-order valence-corrected chi connectivity index (χ2v) is 4.45. The predicted octanol–water partition coefficient (Wildman–Crippen LogP) is 1.63. The van der Waals surface area contributed by atoms with Crippen LogP contribution in [0.4, 0.5) is 13.2 Å². The third-order valence-electron chi connectivity index (χ3n) is 2.61. The zero-order valence-electron chi connectivity index (χ0n) is 10.9. The van der Waals surface area contributed by atoms with E-state index in [0.29, 0.717) is 4.57 Å². The third kappa shape index (κ3) is 3.66. The van der Waals surface area contributed by atoms with E-state index < -0.39 is 23.2 Å². The molecule has 0 spiro atoms. The summed E-state index contributed by atoms with van der Waals surface area (Å²) in [5, 5.41) is 0. The zero-order valence-corrected chi connectivity index (χ0v) is 10.9. The van der Waals surface area contributed by atoms with Gasteiger partial charge in [-0.25, -0.2) is 0 Å². The number of hydrogen-bond acceptors (Lipinski definition) is 3. The number of carbonyl (C=O) groups excluding carboxylic acids is 1. The van der Waals surface area contributed by atoms with Crippen molar-refractivity contribution in [3.8, 4) is 0 Å². The number of likely N-dealkylation sites (N-methyl/N-ethyl adjacent to an activating group) is 1. The van der Waals surface area contributed by atoms with E-state index in [1.165, 1.54) is 0 Å². The van der Waals surface area contributed by atoms with E-state index in [-0.39, 0.29) is 18.7 Å². The number of pyridine rings is 1. The number of Topliss-reactive ketones (excluding diaryl/α,β-unsaturated/α-hetero) is 1. The summed E-state index contributed by atoms with van der Waals surface area (Å²) >= 11 is 0. The van der Waals surface area contributed by atoms with Crippen molar-refractivity contribution in [3.05, 3.63) is 33.7 Å². The molecule has 0 aliphatic carbocycles. The number of carbonyl (C=O) groups is 1. The molecule has 0 fully saturated rings. The highest BCUT2D eigenvalue weighted by Crippen LogP contribution is 2.28. The number of ketones is 1. The van der Waals surface area contributed by atoms with E-state index in [9.17, 15) is 22.8 Å². The maximum atomic E-state index is 12.8. The lowest BCUT2D eigenvalue weighted by molar-refractivity contribution is -0.144. The van der Waals surface area contributed by atoms with Crippen LogP contribution < -0.4 is 5.56 Å². The normalized spacial score (nSPS) is 11.9. The summed E-state index contributed by atoms with van der Waals surface area (Å²) in [5.41, 5.74) is -2.17. The highest BCUT2D eigenvalue weighted by atomic mass is 19.4. The average Bonchev–Trinajstić information content (AvgIpc) is 2.24. The first-order valence-electron chi connectivity index (χ1n) is 5.61. The van der Waals surface area contributed by atoms with Crippen molar-refractivity contribution in [1.82, 2.24) is 9.47 Å². The fourth-order valence-electron chi connectivity index (χ4n) is 1.62. The first-order chi connectivity index (χ1) is 8.64. The average molecular weight is 276 g/mol. The lowest BCUT2D eigenvalue weighted by Gasteiger charge is -2.18. The lowest BCUT2D eigenvalue weighted by Crippen LogP contribution is -2.34. The Hall–Kier alpha value is -1.63. The van der Waals surface area contributed by atoms with Gasteiger partial charge in [-0.2, -0.15) is 13.2 Å². The van der Waals surface area contributed by atoms with Gasteiger partial charge in [0.15, 0.2) is 5.78 Å². The molecule has 0 aliphatic rings. The number of hydrogen-bond donors (Lipinski definition) is 0. The molecular weight excluding hydrogens is 261 g/mol. The molecule has 0 atom stereocenters. The Balaban J connectivity index is 3.38. The van der Waals surface area contributed by atoms with Gasteiger partial charge in [-0.3, -0.25) is 9.59 Å². The van der Waals surface area contributed by atoms with E-state index in [4.69, 9.17) is 0 Å². The summed E-state index contributed by atoms with van der Waals surface area (Å²) in [6, 6.07) is 1.70. The zero-order chi connectivity index (χ0) is 14.8. The van der Waals surface area contributed by atoms with Crippen LogP contribution in [0.25, 0.3) is 0 Å². The molecule has 0 aliphatic heterocycles. The second-order valence-electron chi connectivity index (χ2n) is 4.45. The van der Waals surface area contributed by atoms with Gasteiger partial charge in [0, 0.05) is 13.1 Å². The fourth-order valence-corrected chi connectivity index (χ4v) is 1.62. The van der Waals surface area contributed by atoms with E-state index >= 15 is 0 Å². The molecule has 1 aromatic heterocycles. The van der Waals surface area contributed by atoms with Crippen molar-refractivity contribution >= 4 is 5.78 Å². The monoisotopic (exact) mass is 276 g/mol. The SMILES string of the molecule is CC(=O)c1ccc(C(F)(F)F)n(CCN(C)C)c1=O. The molecule has 0 unspecified atom stereocenters. The summed E-state index contributed by atoms with van der Waals surface area (Å²) < 4.78 is 39.1. The van der Waals surface area contributed by atoms with Crippen LogP contribution in [-0.2, 0) is 12.7 Å². The minimum absolute atomic E-state index is 0.123. The van der Waals surface area contributed by atoms with Crippen LogP contribution in [0.15, 0.2) is 16.9 Å². The standard InChI is InChI=1S/C12H15F3N2O2/c1-8(18)9-4-5-10(12(13,14)15)17(11(9)19)7-6-16(2)3/h4-5H,6-7H2,1-3H3. The first kappa shape index (κ1) is 15.4. The number of rotatable bonds is 4. The molecule has 4 nitrogen and oxygen atoms in total. The summed E-state index contributed by atoms with van der Waals surface area (Å²) in [6.07, 6.45) is -4.62. The molecule has 0 bridgehead atoms. The van der Waals surface area contributed by atoms with Crippen molar-refractivity contribution in [2.24, 2.45) is 0 Å². The predicted molar refractivity (Wildman–Crippen MR) is 64.3 cm³/mol. The van der Waals surface area contributed by atoms with Gasteiger partial charge in [-0.15, -0.1) is 0 Å². The van der Waals surface area contributed by atoms with Crippen molar-refractivity contribution in [1.29, 1.82) is 0 Å². The van der Waals surface area contributed by atoms with E-state index in [1.807, 2.05) is 0 Å². The topological polar surface area (TPSA) is 42.3 Å². The molecule has 7 heteroatoms. The van der Waals surface area contributed by atoms with Gasteiger partial charge >= 0.3 is 6.18 Å². The summed E-state index contributed by atoms with van der Waals surface area (Å²) in [7, 11) is 3.38. The Morgan fingerprint density at radius 3 is 2.32 bits per heavy atom. The van der Waals surface area contributed by atoms with Crippen molar-refractivity contribution in [2.75, 3.05) is 20.6 Å². The Morgan fingerprint density at radius 2 is 1.89 bits per heavy atom. The summed E-state index contributed by atoms with van der Waals surface area (Å²) in [5.74, 6) is -0.544. The van der Waals surface area contributed by atoms with Gasteiger partial charge in [0.25, 0.3) is 5.56 Å². The number of halogens is 3. The van der Waals surface area contributed by atoms with Crippen LogP contribution in [0.2, 0.25) is 0 Å². The van der Waals surface area contributed by atoms with E-state index in [2.05, 4.69) is 0 Å². The number of aromatic nitrogens is 1. The van der Waals surface area contributed by atoms with Crippen LogP contribution in [0.3, 0.4) is 0 Å². The first-order valence-corrected chi connectivity index (χ1v) is 5.61. The maximum Gasteiger partial charge on any atom is 0.431 e. The molecule has 1 rings (SSSR count). The molecule has 0 N–H and O–H groups in total. The second kappa shape index (κ2) is 5.56. The van der Waals surface area contributed by atoms with Crippen LogP contribution in [-0.4, -0.2) is 35.9 Å². The van der Waals surface area contributed by atoms with Gasteiger partial charge in [-0.1, -0.05) is 0 Å². The van der Waals surface area contributed by atoms with E-state index in [0.717, 1.165) is 19.1 Å². The maximum absolute atomic E-state index is 12.8. The van der Waals surface area contributed by atoms with Crippen molar-refractivity contribution in [2.45, 2.75) is 19.6 Å². The van der Waals surface area contributed by atoms with E-state index in [1.54, 1.807) is 19.0 Å². The summed E-state index contributed by atoms with van der Waals surface area (Å²) in [6.45, 7) is 1.30. The molecule has 106 valence electrons. The minimum atomic E-state index is -4.62. The third-order valence-corrected chi connectivity index (χ3v) is 2.61. The van der Waals surface area contributed by atoms with Gasteiger partial charge in [0.2, 0.25) is 0 Å². The van der Waals surface area contributed by atoms with Crippen LogP contribution in [0, 0.1) is 0 Å². The van der Waals surface area contributed by atoms with Gasteiger partial charge in [-0.05, 0) is 33.2 Å². The minimum Gasteiger partial charge on any atom is -0.308 e. The van der Waals surface area contributed by atoms with Crippen LogP contribution in [0.1, 0.15) is 23.0 Å². The Labute approximate surface area is 108 Å². The Bertz CT molecular complexity index is 533. The van der Waals surface area contributed by atoms with Crippen LogP contribution >= 0.6 is 0 Å². The van der Waals surface area contributed by atoms with Gasteiger partial charge in [0.05, 0.1) is 5.56 Å². The largest absolute Gasteiger partial charge is 0.431 e. The molecule has 1 heterocycles. The van der Waals surface area contributed by atoms with Crippen molar-refractivity contribution < 1.29 is 18.0 Å². The summed E-state index contributed by atoms with van der Waals surface area (Å²) in [4.78, 5) is 24.8. The molecule has 0 amide bonds. The highest BCUT2D eigenvalue weighted by molar-refractivity contribution is 5.93. The Morgan fingerprint density at radius 1 is 1.32 bits per heavy atom. The van der Waals surface area contributed by atoms with Gasteiger partial charge in [0.1, 0.15) is 5.69 Å². The smallest absolute Gasteiger partial charge is 0.308 e. The molecule has 0 aromatic carbocycles. The molecule has 0 radical (unpaired) electrons. The molecule has 1 aromatic rings. The number of nitrogens with zero attached hydrogens (tertiary/aromatic N) is 2. The molecule has 19 heavy (non-hydrogen) atoms. The Kier molecular flexibility index (Phi) is 4.52. The van der Waals surface area contributed by atoms with Crippen LogP contribution in [0.5, 0.6) is 0 Å². The van der Waals surface area contributed by atoms with Gasteiger partial charge < -0.3 is 9.47 Å². The fraction of sp³-hybridized carbons (Fsp3) is 0.500. The number of alkyl halides is 3. The van der Waals surface area contributed by atoms with Crippen molar-refractivity contribution in [3.63, 3.8) is 0 Å². The highest BCUT2D eigenvalue weighted by Gasteiger charge is 2.34.